The number of urea groups is 1. The number of carboxylic acid groups (broad SMARTS) is 1. The van der Waals surface area contributed by atoms with Crippen LogP contribution in [0.15, 0.2) is 24.5 Å². The fraction of sp³-hybridized carbons (Fsp3) is 0.500. The summed E-state index contributed by atoms with van der Waals surface area (Å²) in [6.45, 7) is 0.547. The van der Waals surface area contributed by atoms with E-state index in [1.54, 1.807) is 12.4 Å². The van der Waals surface area contributed by atoms with Crippen molar-refractivity contribution in [3.63, 3.8) is 0 Å². The summed E-state index contributed by atoms with van der Waals surface area (Å²) in [5.74, 6) is -1.09. The van der Waals surface area contributed by atoms with Crippen molar-refractivity contribution in [3.8, 4) is 0 Å². The molecule has 1 aromatic rings. The molecule has 0 aromatic carbocycles. The molecule has 6 heteroatoms. The molecule has 2 rings (SSSR count). The van der Waals surface area contributed by atoms with Crippen LogP contribution in [0.25, 0.3) is 0 Å². The van der Waals surface area contributed by atoms with Crippen LogP contribution in [0.4, 0.5) is 4.79 Å². The molecule has 0 radical (unpaired) electrons. The second-order valence-electron chi connectivity index (χ2n) is 5.05. The number of rotatable bonds is 5. The quantitative estimate of drug-likeness (QED) is 0.753. The molecule has 0 spiro atoms. The Morgan fingerprint density at radius 3 is 2.70 bits per heavy atom. The summed E-state index contributed by atoms with van der Waals surface area (Å²) in [5, 5.41) is 14.5. The van der Waals surface area contributed by atoms with Gasteiger partial charge in [-0.25, -0.2) is 4.79 Å². The van der Waals surface area contributed by atoms with Gasteiger partial charge in [0.1, 0.15) is 0 Å². The van der Waals surface area contributed by atoms with Gasteiger partial charge in [-0.3, -0.25) is 9.78 Å². The Kier molecular flexibility index (Phi) is 4.92. The Morgan fingerprint density at radius 1 is 1.30 bits per heavy atom. The first-order chi connectivity index (χ1) is 9.65. The normalized spacial score (nSPS) is 21.4. The molecule has 1 heterocycles. The van der Waals surface area contributed by atoms with E-state index in [9.17, 15) is 9.59 Å². The van der Waals surface area contributed by atoms with Crippen LogP contribution >= 0.6 is 0 Å². The largest absolute Gasteiger partial charge is 0.481 e. The maximum Gasteiger partial charge on any atom is 0.315 e. The third kappa shape index (κ3) is 4.22. The van der Waals surface area contributed by atoms with Crippen molar-refractivity contribution in [1.29, 1.82) is 0 Å². The number of nitrogens with zero attached hydrogens (tertiary/aromatic N) is 1. The molecule has 1 fully saturated rings. The zero-order valence-electron chi connectivity index (χ0n) is 11.2. The number of nitrogens with one attached hydrogen (secondary N) is 2. The lowest BCUT2D eigenvalue weighted by molar-refractivity contribution is -0.141. The number of carbonyl (C=O) groups excluding carboxylic acids is 1. The van der Waals surface area contributed by atoms with E-state index in [-0.39, 0.29) is 18.0 Å². The molecule has 1 saturated carbocycles. The van der Waals surface area contributed by atoms with Gasteiger partial charge < -0.3 is 15.7 Å². The van der Waals surface area contributed by atoms with Crippen molar-refractivity contribution < 1.29 is 14.7 Å². The fourth-order valence-corrected chi connectivity index (χ4v) is 2.44. The zero-order valence-corrected chi connectivity index (χ0v) is 11.2. The van der Waals surface area contributed by atoms with E-state index in [2.05, 4.69) is 15.6 Å². The molecule has 2 amide bonds. The minimum absolute atomic E-state index is 0.0305. The molecule has 0 bridgehead atoms. The molecule has 0 unspecified atom stereocenters. The lowest BCUT2D eigenvalue weighted by atomic mass is 10.1. The fourth-order valence-electron chi connectivity index (χ4n) is 2.44. The Hall–Kier alpha value is -2.11. The number of carboxylic acids is 1. The third-order valence-electron chi connectivity index (χ3n) is 3.57. The van der Waals surface area contributed by atoms with Crippen LogP contribution in [0.5, 0.6) is 0 Å². The molecular weight excluding hydrogens is 258 g/mol. The number of amides is 2. The van der Waals surface area contributed by atoms with Gasteiger partial charge in [0.05, 0.1) is 5.92 Å². The van der Waals surface area contributed by atoms with E-state index in [4.69, 9.17) is 5.11 Å². The molecule has 0 saturated heterocycles. The minimum Gasteiger partial charge on any atom is -0.481 e. The van der Waals surface area contributed by atoms with E-state index >= 15 is 0 Å². The number of hydrogen-bond acceptors (Lipinski definition) is 3. The van der Waals surface area contributed by atoms with Gasteiger partial charge in [0.25, 0.3) is 0 Å². The predicted molar refractivity (Wildman–Crippen MR) is 73.2 cm³/mol. The summed E-state index contributed by atoms with van der Waals surface area (Å²) < 4.78 is 0. The van der Waals surface area contributed by atoms with Crippen molar-refractivity contribution >= 4 is 12.0 Å². The van der Waals surface area contributed by atoms with Crippen LogP contribution in [0, 0.1) is 5.92 Å². The molecule has 3 N–H and O–H groups in total. The Balaban J connectivity index is 1.65. The maximum absolute atomic E-state index is 11.7. The average molecular weight is 277 g/mol. The standard InChI is InChI=1S/C14H19N3O3/c18-13(19)11-1-2-12(9-11)17-14(20)16-8-5-10-3-6-15-7-4-10/h3-4,6-7,11-12H,1-2,5,8-9H2,(H,18,19)(H2,16,17,20)/t11-,12+/m1/s1. The smallest absolute Gasteiger partial charge is 0.315 e. The van der Waals surface area contributed by atoms with Crippen LogP contribution in [0.2, 0.25) is 0 Å². The molecule has 20 heavy (non-hydrogen) atoms. The Labute approximate surface area is 117 Å². The van der Waals surface area contributed by atoms with Crippen LogP contribution < -0.4 is 10.6 Å². The summed E-state index contributed by atoms with van der Waals surface area (Å²) >= 11 is 0. The van der Waals surface area contributed by atoms with Crippen LogP contribution in [0.1, 0.15) is 24.8 Å². The van der Waals surface area contributed by atoms with Crippen molar-refractivity contribution in [3.05, 3.63) is 30.1 Å². The molecule has 2 atom stereocenters. The first-order valence-electron chi connectivity index (χ1n) is 6.81. The molecular formula is C14H19N3O3. The molecule has 1 aromatic heterocycles. The van der Waals surface area contributed by atoms with Crippen LogP contribution in [-0.2, 0) is 11.2 Å². The topological polar surface area (TPSA) is 91.3 Å². The van der Waals surface area contributed by atoms with Gasteiger partial charge in [0.2, 0.25) is 0 Å². The summed E-state index contributed by atoms with van der Waals surface area (Å²) in [4.78, 5) is 26.4. The number of aliphatic carboxylic acids is 1. The Bertz CT molecular complexity index is 464. The number of carbonyl (C=O) groups is 2. The van der Waals surface area contributed by atoms with Crippen LogP contribution in [-0.4, -0.2) is 34.7 Å². The summed E-state index contributed by atoms with van der Waals surface area (Å²) in [5.41, 5.74) is 1.12. The molecule has 6 nitrogen and oxygen atoms in total. The van der Waals surface area contributed by atoms with Crippen molar-refractivity contribution in [2.45, 2.75) is 31.7 Å². The first-order valence-corrected chi connectivity index (χ1v) is 6.81. The van der Waals surface area contributed by atoms with Gasteiger partial charge in [-0.05, 0) is 43.4 Å². The highest BCUT2D eigenvalue weighted by molar-refractivity contribution is 5.75. The van der Waals surface area contributed by atoms with E-state index < -0.39 is 5.97 Å². The highest BCUT2D eigenvalue weighted by Crippen LogP contribution is 2.25. The highest BCUT2D eigenvalue weighted by Gasteiger charge is 2.30. The van der Waals surface area contributed by atoms with E-state index in [1.165, 1.54) is 0 Å². The van der Waals surface area contributed by atoms with E-state index in [1.807, 2.05) is 12.1 Å². The first kappa shape index (κ1) is 14.3. The minimum atomic E-state index is -0.771. The Morgan fingerprint density at radius 2 is 2.05 bits per heavy atom. The summed E-state index contributed by atoms with van der Waals surface area (Å²) in [7, 11) is 0. The van der Waals surface area contributed by atoms with Gasteiger partial charge in [0.15, 0.2) is 0 Å². The zero-order chi connectivity index (χ0) is 14.4. The maximum atomic E-state index is 11.7. The SMILES string of the molecule is O=C(NCCc1ccncc1)N[C@H]1CC[C@@H](C(=O)O)C1. The van der Waals surface area contributed by atoms with E-state index in [0.717, 1.165) is 18.4 Å². The predicted octanol–water partition coefficient (Wildman–Crippen LogP) is 1.18. The number of aromatic nitrogens is 1. The lowest BCUT2D eigenvalue weighted by Gasteiger charge is -2.13. The molecule has 1 aliphatic carbocycles. The molecule has 108 valence electrons. The van der Waals surface area contributed by atoms with Crippen molar-refractivity contribution in [2.75, 3.05) is 6.54 Å². The summed E-state index contributed by atoms with van der Waals surface area (Å²) in [6.07, 6.45) is 6.08. The second-order valence-corrected chi connectivity index (χ2v) is 5.05. The number of pyridine rings is 1. The van der Waals surface area contributed by atoms with Gasteiger partial charge >= 0.3 is 12.0 Å². The van der Waals surface area contributed by atoms with Gasteiger partial charge in [-0.15, -0.1) is 0 Å². The van der Waals surface area contributed by atoms with Gasteiger partial charge in [-0.1, -0.05) is 0 Å². The highest BCUT2D eigenvalue weighted by atomic mass is 16.4. The third-order valence-corrected chi connectivity index (χ3v) is 3.57. The molecule has 1 aliphatic rings. The second kappa shape index (κ2) is 6.88. The average Bonchev–Trinajstić information content (AvgIpc) is 2.88. The number of hydrogen-bond donors (Lipinski definition) is 3. The summed E-state index contributed by atoms with van der Waals surface area (Å²) in [6, 6.07) is 3.56. The van der Waals surface area contributed by atoms with Gasteiger partial charge in [0, 0.05) is 25.0 Å². The molecule has 0 aliphatic heterocycles. The van der Waals surface area contributed by atoms with Crippen LogP contribution in [0.3, 0.4) is 0 Å². The van der Waals surface area contributed by atoms with Crippen molar-refractivity contribution in [2.24, 2.45) is 5.92 Å². The monoisotopic (exact) mass is 277 g/mol. The van der Waals surface area contributed by atoms with E-state index in [0.29, 0.717) is 19.4 Å². The van der Waals surface area contributed by atoms with Crippen molar-refractivity contribution in [1.82, 2.24) is 15.6 Å². The lowest BCUT2D eigenvalue weighted by Crippen LogP contribution is -2.41. The van der Waals surface area contributed by atoms with Gasteiger partial charge in [-0.2, -0.15) is 0 Å².